The van der Waals surface area contributed by atoms with Crippen LogP contribution in [0.15, 0.2) is 0 Å². The normalized spacial score (nSPS) is 32.5. The van der Waals surface area contributed by atoms with Gasteiger partial charge in [-0.3, -0.25) is 4.79 Å². The molecule has 0 saturated carbocycles. The highest BCUT2D eigenvalue weighted by Crippen LogP contribution is 2.33. The Morgan fingerprint density at radius 3 is 2.29 bits per heavy atom. The van der Waals surface area contributed by atoms with Gasteiger partial charge >= 0.3 is 0 Å². The molecule has 0 aliphatic carbocycles. The minimum absolute atomic E-state index is 0.0344. The summed E-state index contributed by atoms with van der Waals surface area (Å²) in [6.07, 6.45) is 0.0929. The molecule has 2 N–H and O–H groups in total. The first-order chi connectivity index (χ1) is 7.88. The van der Waals surface area contributed by atoms with Crippen LogP contribution in [0, 0.1) is 11.8 Å². The summed E-state index contributed by atoms with van der Waals surface area (Å²) in [4.78, 5) is 14.5. The van der Waals surface area contributed by atoms with Gasteiger partial charge in [0.2, 0.25) is 5.91 Å². The molecule has 0 spiro atoms. The van der Waals surface area contributed by atoms with Crippen molar-refractivity contribution in [1.29, 1.82) is 0 Å². The zero-order valence-electron chi connectivity index (χ0n) is 11.0. The molecule has 1 rings (SSSR count). The molecule has 1 aliphatic rings. The molecule has 0 aromatic heterocycles. The van der Waals surface area contributed by atoms with E-state index in [-0.39, 0.29) is 30.0 Å². The molecular weight excluding hydrogens is 236 g/mol. The molecule has 17 heavy (non-hydrogen) atoms. The first-order valence-electron chi connectivity index (χ1n) is 6.11. The molecule has 0 radical (unpaired) electrons. The van der Waals surface area contributed by atoms with Crippen molar-refractivity contribution in [3.05, 3.63) is 0 Å². The summed E-state index contributed by atoms with van der Waals surface area (Å²) in [5.74, 6) is 0.252. The van der Waals surface area contributed by atoms with Crippen LogP contribution in [0.3, 0.4) is 0 Å². The van der Waals surface area contributed by atoms with Crippen molar-refractivity contribution in [1.82, 2.24) is 4.90 Å². The number of rotatable bonds is 4. The van der Waals surface area contributed by atoms with Gasteiger partial charge in [-0.05, 0) is 26.7 Å². The number of carbonyl (C=O) groups is 1. The molecule has 1 saturated heterocycles. The molecule has 98 valence electrons. The van der Waals surface area contributed by atoms with Crippen LogP contribution in [0.2, 0.25) is 0 Å². The highest BCUT2D eigenvalue weighted by molar-refractivity contribution is 7.80. The van der Waals surface area contributed by atoms with Crippen molar-refractivity contribution in [2.75, 3.05) is 13.1 Å². The fourth-order valence-corrected chi connectivity index (χ4v) is 2.59. The zero-order chi connectivity index (χ0) is 13.2. The van der Waals surface area contributed by atoms with Crippen LogP contribution in [0.25, 0.3) is 0 Å². The number of nitrogens with two attached hydrogens (primary N) is 1. The van der Waals surface area contributed by atoms with Gasteiger partial charge in [-0.25, -0.2) is 0 Å². The molecule has 1 amide bonds. The zero-order valence-corrected chi connectivity index (χ0v) is 11.8. The summed E-state index contributed by atoms with van der Waals surface area (Å²) in [7, 11) is 0. The molecule has 4 nitrogen and oxygen atoms in total. The highest BCUT2D eigenvalue weighted by Gasteiger charge is 2.42. The van der Waals surface area contributed by atoms with Gasteiger partial charge in [0.15, 0.2) is 0 Å². The third-order valence-corrected chi connectivity index (χ3v) is 3.70. The number of ether oxygens (including phenoxy) is 1. The molecule has 1 heterocycles. The van der Waals surface area contributed by atoms with Crippen molar-refractivity contribution in [3.63, 3.8) is 0 Å². The Hall–Kier alpha value is -0.680. The minimum atomic E-state index is -0.0840. The number of hydrogen-bond donors (Lipinski definition) is 1. The third-order valence-electron chi connectivity index (χ3n) is 3.57. The summed E-state index contributed by atoms with van der Waals surface area (Å²) >= 11 is 4.87. The van der Waals surface area contributed by atoms with E-state index < -0.39 is 0 Å². The predicted molar refractivity (Wildman–Crippen MR) is 71.7 cm³/mol. The van der Waals surface area contributed by atoms with Crippen LogP contribution in [-0.2, 0) is 9.53 Å². The van der Waals surface area contributed by atoms with Gasteiger partial charge in [-0.1, -0.05) is 19.1 Å². The van der Waals surface area contributed by atoms with Crippen LogP contribution in [0.5, 0.6) is 0 Å². The van der Waals surface area contributed by atoms with Crippen molar-refractivity contribution in [2.45, 2.75) is 39.9 Å². The summed E-state index contributed by atoms with van der Waals surface area (Å²) in [5.41, 5.74) is 5.51. The minimum Gasteiger partial charge on any atom is -0.392 e. The van der Waals surface area contributed by atoms with E-state index in [1.54, 1.807) is 4.90 Å². The van der Waals surface area contributed by atoms with Crippen molar-refractivity contribution >= 4 is 23.1 Å². The summed E-state index contributed by atoms with van der Waals surface area (Å²) in [6.45, 7) is 8.95. The number of amides is 1. The Balaban J connectivity index is 2.77. The molecule has 1 fully saturated rings. The lowest BCUT2D eigenvalue weighted by atomic mass is 9.88. The van der Waals surface area contributed by atoms with E-state index in [1.165, 1.54) is 0 Å². The lowest BCUT2D eigenvalue weighted by molar-refractivity contribution is -0.136. The van der Waals surface area contributed by atoms with Crippen LogP contribution >= 0.6 is 12.2 Å². The highest BCUT2D eigenvalue weighted by atomic mass is 32.1. The number of likely N-dealkylation sites (N-methyl/N-ethyl adjacent to an activating group) is 1. The summed E-state index contributed by atoms with van der Waals surface area (Å²) in [5, 5.41) is 0. The second-order valence-electron chi connectivity index (χ2n) is 4.75. The SMILES string of the molecule is CCN(CC(N)=S)C(=O)C1C(C)OC(C)C1C. The first kappa shape index (κ1) is 14.4. The standard InChI is InChI=1S/C12H22N2O2S/c1-5-14(6-10(13)17)12(15)11-7(2)8(3)16-9(11)4/h7-9,11H,5-6H2,1-4H3,(H2,13,17). The fourth-order valence-electron chi connectivity index (χ4n) is 2.44. The molecule has 0 aromatic carbocycles. The van der Waals surface area contributed by atoms with E-state index in [0.717, 1.165) is 0 Å². The molecule has 4 unspecified atom stereocenters. The smallest absolute Gasteiger partial charge is 0.229 e. The van der Waals surface area contributed by atoms with Crippen LogP contribution < -0.4 is 5.73 Å². The number of carbonyl (C=O) groups excluding carboxylic acids is 1. The Kier molecular flexibility index (Phi) is 4.89. The Bertz CT molecular complexity index is 309. The number of nitrogens with zero attached hydrogens (tertiary/aromatic N) is 1. The number of hydrogen-bond acceptors (Lipinski definition) is 3. The van der Waals surface area contributed by atoms with Crippen molar-refractivity contribution in [3.8, 4) is 0 Å². The Morgan fingerprint density at radius 1 is 1.35 bits per heavy atom. The predicted octanol–water partition coefficient (Wildman–Crippen LogP) is 1.18. The topological polar surface area (TPSA) is 55.6 Å². The lowest BCUT2D eigenvalue weighted by Gasteiger charge is -2.27. The van der Waals surface area contributed by atoms with Gasteiger partial charge in [0, 0.05) is 6.54 Å². The molecule has 0 aromatic rings. The maximum absolute atomic E-state index is 12.4. The van der Waals surface area contributed by atoms with Gasteiger partial charge in [0.25, 0.3) is 0 Å². The Labute approximate surface area is 108 Å². The molecule has 4 atom stereocenters. The van der Waals surface area contributed by atoms with Gasteiger partial charge in [0.05, 0.1) is 29.7 Å². The van der Waals surface area contributed by atoms with Crippen molar-refractivity contribution < 1.29 is 9.53 Å². The molecule has 0 bridgehead atoms. The molecular formula is C12H22N2O2S. The largest absolute Gasteiger partial charge is 0.392 e. The van der Waals surface area contributed by atoms with E-state index in [4.69, 9.17) is 22.7 Å². The van der Waals surface area contributed by atoms with E-state index in [0.29, 0.717) is 18.1 Å². The van der Waals surface area contributed by atoms with E-state index in [9.17, 15) is 4.79 Å². The number of thiocarbonyl (C=S) groups is 1. The summed E-state index contributed by atoms with van der Waals surface area (Å²) in [6, 6.07) is 0. The Morgan fingerprint density at radius 2 is 1.94 bits per heavy atom. The van der Waals surface area contributed by atoms with Crippen LogP contribution in [0.1, 0.15) is 27.7 Å². The van der Waals surface area contributed by atoms with Crippen LogP contribution in [-0.4, -0.2) is 41.1 Å². The quantitative estimate of drug-likeness (QED) is 0.769. The second kappa shape index (κ2) is 5.78. The van der Waals surface area contributed by atoms with E-state index >= 15 is 0 Å². The first-order valence-corrected chi connectivity index (χ1v) is 6.51. The van der Waals surface area contributed by atoms with Gasteiger partial charge in [-0.15, -0.1) is 0 Å². The van der Waals surface area contributed by atoms with Crippen LogP contribution in [0.4, 0.5) is 0 Å². The maximum Gasteiger partial charge on any atom is 0.229 e. The van der Waals surface area contributed by atoms with Gasteiger partial charge in [0.1, 0.15) is 0 Å². The lowest BCUT2D eigenvalue weighted by Crippen LogP contribution is -2.44. The summed E-state index contributed by atoms with van der Waals surface area (Å²) < 4.78 is 5.70. The van der Waals surface area contributed by atoms with Gasteiger partial charge < -0.3 is 15.4 Å². The average molecular weight is 258 g/mol. The molecule has 1 aliphatic heterocycles. The second-order valence-corrected chi connectivity index (χ2v) is 5.27. The maximum atomic E-state index is 12.4. The van der Waals surface area contributed by atoms with E-state index in [1.807, 2.05) is 20.8 Å². The van der Waals surface area contributed by atoms with Gasteiger partial charge in [-0.2, -0.15) is 0 Å². The monoisotopic (exact) mass is 258 g/mol. The molecule has 5 heteroatoms. The third kappa shape index (κ3) is 3.16. The van der Waals surface area contributed by atoms with E-state index in [2.05, 4.69) is 6.92 Å². The fraction of sp³-hybridized carbons (Fsp3) is 0.833. The van der Waals surface area contributed by atoms with Crippen molar-refractivity contribution in [2.24, 2.45) is 17.6 Å². The average Bonchev–Trinajstić information content (AvgIpc) is 2.48.